The van der Waals surface area contributed by atoms with E-state index in [1.165, 1.54) is 6.07 Å². The van der Waals surface area contributed by atoms with Crippen LogP contribution < -0.4 is 0 Å². The lowest BCUT2D eigenvalue weighted by Crippen LogP contribution is -2.14. The molecule has 0 aliphatic heterocycles. The van der Waals surface area contributed by atoms with Crippen LogP contribution >= 0.6 is 0 Å². The highest BCUT2D eigenvalue weighted by molar-refractivity contribution is 6.01. The Morgan fingerprint density at radius 3 is 2.52 bits per heavy atom. The number of aryl methyl sites for hydroxylation is 1. The maximum atomic E-state index is 12.5. The van der Waals surface area contributed by atoms with Crippen LogP contribution in [0.5, 0.6) is 5.75 Å². The fourth-order valence-electron chi connectivity index (χ4n) is 2.33. The number of aromatic hydroxyl groups is 1. The second-order valence-corrected chi connectivity index (χ2v) is 5.12. The number of benzene rings is 2. The zero-order valence-corrected chi connectivity index (χ0v) is 12.1. The third kappa shape index (κ3) is 3.70. The Balaban J connectivity index is 2.30. The number of unbranched alkanes of at least 4 members (excludes halogenated alkanes) is 1. The summed E-state index contributed by atoms with van der Waals surface area (Å²) in [6.45, 7) is 2.07. The summed E-state index contributed by atoms with van der Waals surface area (Å²) < 4.78 is 0. The summed E-state index contributed by atoms with van der Waals surface area (Å²) in [4.78, 5) is 12.5. The van der Waals surface area contributed by atoms with E-state index in [9.17, 15) is 15.0 Å². The first-order valence-electron chi connectivity index (χ1n) is 7.22. The molecule has 21 heavy (non-hydrogen) atoms. The van der Waals surface area contributed by atoms with E-state index in [1.807, 2.05) is 6.07 Å². The number of rotatable bonds is 6. The van der Waals surface area contributed by atoms with Crippen molar-refractivity contribution in [1.82, 2.24) is 0 Å². The number of hydrogen-bond donors (Lipinski definition) is 2. The number of Topliss-reactive ketones (excluding diaryl/α,β-unsaturated/α-hetero) is 1. The molecule has 0 aliphatic rings. The summed E-state index contributed by atoms with van der Waals surface area (Å²) >= 11 is 0. The molecule has 2 rings (SSSR count). The molecule has 0 fully saturated rings. The van der Waals surface area contributed by atoms with Crippen LogP contribution in [0.3, 0.4) is 0 Å². The van der Waals surface area contributed by atoms with Gasteiger partial charge in [-0.05, 0) is 42.2 Å². The minimum absolute atomic E-state index is 0.145. The Kier molecular flexibility index (Phi) is 5.12. The van der Waals surface area contributed by atoms with Crippen LogP contribution in [0.2, 0.25) is 0 Å². The largest absolute Gasteiger partial charge is 0.508 e. The lowest BCUT2D eigenvalue weighted by atomic mass is 9.93. The van der Waals surface area contributed by atoms with E-state index in [0.29, 0.717) is 17.5 Å². The van der Waals surface area contributed by atoms with Gasteiger partial charge in [-0.1, -0.05) is 43.7 Å². The summed E-state index contributed by atoms with van der Waals surface area (Å²) in [5.74, 6) is -0.181. The molecule has 2 N–H and O–H groups in total. The first-order valence-corrected chi connectivity index (χ1v) is 7.22. The predicted molar refractivity (Wildman–Crippen MR) is 82.5 cm³/mol. The molecule has 3 nitrogen and oxygen atoms in total. The Hall–Kier alpha value is -2.13. The third-order valence-electron chi connectivity index (χ3n) is 3.52. The molecular formula is C18H20O3. The van der Waals surface area contributed by atoms with Crippen molar-refractivity contribution in [2.75, 3.05) is 0 Å². The van der Waals surface area contributed by atoms with Crippen molar-refractivity contribution in [3.8, 4) is 5.75 Å². The van der Waals surface area contributed by atoms with Crippen molar-refractivity contribution < 1.29 is 15.0 Å². The minimum atomic E-state index is -1.17. The molecule has 0 bridgehead atoms. The SMILES string of the molecule is CCCCc1cc(O)ccc1C(=O)C(O)c1ccccc1. The Labute approximate surface area is 124 Å². The molecular weight excluding hydrogens is 264 g/mol. The summed E-state index contributed by atoms with van der Waals surface area (Å²) in [5.41, 5.74) is 1.85. The van der Waals surface area contributed by atoms with Crippen molar-refractivity contribution in [2.24, 2.45) is 0 Å². The van der Waals surface area contributed by atoms with E-state index < -0.39 is 6.10 Å². The number of carbonyl (C=O) groups is 1. The Morgan fingerprint density at radius 1 is 1.14 bits per heavy atom. The molecule has 0 aromatic heterocycles. The summed E-state index contributed by atoms with van der Waals surface area (Å²) in [6, 6.07) is 13.6. The Morgan fingerprint density at radius 2 is 1.86 bits per heavy atom. The van der Waals surface area contributed by atoms with Gasteiger partial charge in [0.05, 0.1) is 0 Å². The van der Waals surface area contributed by atoms with E-state index in [0.717, 1.165) is 18.4 Å². The normalized spacial score (nSPS) is 12.1. The number of hydrogen-bond acceptors (Lipinski definition) is 3. The van der Waals surface area contributed by atoms with E-state index in [2.05, 4.69) is 6.92 Å². The second kappa shape index (κ2) is 7.04. The maximum Gasteiger partial charge on any atom is 0.196 e. The van der Waals surface area contributed by atoms with Crippen LogP contribution in [0.4, 0.5) is 0 Å². The molecule has 2 aromatic carbocycles. The van der Waals surface area contributed by atoms with Gasteiger partial charge in [0.2, 0.25) is 0 Å². The first-order chi connectivity index (χ1) is 10.1. The van der Waals surface area contributed by atoms with Gasteiger partial charge in [-0.3, -0.25) is 4.79 Å². The van der Waals surface area contributed by atoms with Crippen molar-refractivity contribution >= 4 is 5.78 Å². The number of phenols is 1. The van der Waals surface area contributed by atoms with Crippen molar-refractivity contribution in [1.29, 1.82) is 0 Å². The van der Waals surface area contributed by atoms with Crippen LogP contribution in [0.1, 0.15) is 47.4 Å². The van der Waals surface area contributed by atoms with Gasteiger partial charge < -0.3 is 10.2 Å². The van der Waals surface area contributed by atoms with Crippen molar-refractivity contribution in [3.05, 3.63) is 65.2 Å². The average molecular weight is 284 g/mol. The average Bonchev–Trinajstić information content (AvgIpc) is 2.52. The molecule has 0 radical (unpaired) electrons. The quantitative estimate of drug-likeness (QED) is 0.796. The predicted octanol–water partition coefficient (Wildman–Crippen LogP) is 3.65. The van der Waals surface area contributed by atoms with Crippen LogP contribution in [0, 0.1) is 0 Å². The van der Waals surface area contributed by atoms with Crippen molar-refractivity contribution in [2.45, 2.75) is 32.3 Å². The number of aliphatic hydroxyl groups is 1. The second-order valence-electron chi connectivity index (χ2n) is 5.12. The molecule has 0 aliphatic carbocycles. The Bertz CT molecular complexity index is 605. The fraction of sp³-hybridized carbons (Fsp3) is 0.278. The van der Waals surface area contributed by atoms with E-state index in [1.54, 1.807) is 36.4 Å². The molecule has 0 saturated heterocycles. The lowest BCUT2D eigenvalue weighted by Gasteiger charge is -2.14. The molecule has 0 amide bonds. The van der Waals surface area contributed by atoms with Gasteiger partial charge in [0.25, 0.3) is 0 Å². The van der Waals surface area contributed by atoms with Crippen LogP contribution in [-0.2, 0) is 6.42 Å². The molecule has 0 heterocycles. The maximum absolute atomic E-state index is 12.5. The molecule has 1 unspecified atom stereocenters. The van der Waals surface area contributed by atoms with E-state index >= 15 is 0 Å². The van der Waals surface area contributed by atoms with Crippen molar-refractivity contribution in [3.63, 3.8) is 0 Å². The lowest BCUT2D eigenvalue weighted by molar-refractivity contribution is 0.0746. The van der Waals surface area contributed by atoms with Gasteiger partial charge in [-0.15, -0.1) is 0 Å². The zero-order chi connectivity index (χ0) is 15.2. The highest BCUT2D eigenvalue weighted by Crippen LogP contribution is 2.24. The highest BCUT2D eigenvalue weighted by atomic mass is 16.3. The standard InChI is InChI=1S/C18H20O3/c1-2-3-7-14-12-15(19)10-11-16(14)18(21)17(20)13-8-5-4-6-9-13/h4-6,8-12,17,19-20H,2-3,7H2,1H3. The minimum Gasteiger partial charge on any atom is -0.508 e. The number of carbonyl (C=O) groups excluding carboxylic acids is 1. The fourth-order valence-corrected chi connectivity index (χ4v) is 2.33. The van der Waals surface area contributed by atoms with E-state index in [4.69, 9.17) is 0 Å². The van der Waals surface area contributed by atoms with Gasteiger partial charge in [0.15, 0.2) is 5.78 Å². The van der Waals surface area contributed by atoms with Gasteiger partial charge in [-0.2, -0.15) is 0 Å². The summed E-state index contributed by atoms with van der Waals surface area (Å²) in [5, 5.41) is 19.9. The molecule has 1 atom stereocenters. The van der Waals surface area contributed by atoms with Crippen LogP contribution in [0.25, 0.3) is 0 Å². The number of phenolic OH excluding ortho intramolecular Hbond substituents is 1. The van der Waals surface area contributed by atoms with Crippen LogP contribution in [-0.4, -0.2) is 16.0 Å². The highest BCUT2D eigenvalue weighted by Gasteiger charge is 2.21. The van der Waals surface area contributed by atoms with Gasteiger partial charge in [0, 0.05) is 5.56 Å². The van der Waals surface area contributed by atoms with Gasteiger partial charge in [0.1, 0.15) is 11.9 Å². The molecule has 110 valence electrons. The smallest absolute Gasteiger partial charge is 0.196 e. The summed E-state index contributed by atoms with van der Waals surface area (Å²) in [6.07, 6.45) is 1.49. The monoisotopic (exact) mass is 284 g/mol. The van der Waals surface area contributed by atoms with E-state index in [-0.39, 0.29) is 11.5 Å². The van der Waals surface area contributed by atoms with Gasteiger partial charge >= 0.3 is 0 Å². The molecule has 0 spiro atoms. The number of ketones is 1. The zero-order valence-electron chi connectivity index (χ0n) is 12.1. The molecule has 3 heteroatoms. The third-order valence-corrected chi connectivity index (χ3v) is 3.52. The first kappa shape index (κ1) is 15.3. The molecule has 0 saturated carbocycles. The topological polar surface area (TPSA) is 57.5 Å². The summed E-state index contributed by atoms with van der Waals surface area (Å²) in [7, 11) is 0. The molecule has 2 aromatic rings. The van der Waals surface area contributed by atoms with Gasteiger partial charge in [-0.25, -0.2) is 0 Å². The number of aliphatic hydroxyl groups excluding tert-OH is 1. The van der Waals surface area contributed by atoms with Crippen LogP contribution in [0.15, 0.2) is 48.5 Å².